The van der Waals surface area contributed by atoms with Crippen LogP contribution in [0.25, 0.3) is 0 Å². The Morgan fingerprint density at radius 1 is 1.30 bits per heavy atom. The van der Waals surface area contributed by atoms with Crippen LogP contribution in [-0.4, -0.2) is 6.54 Å². The molecule has 0 spiro atoms. The van der Waals surface area contributed by atoms with E-state index in [1.165, 1.54) is 0 Å². The van der Waals surface area contributed by atoms with Crippen molar-refractivity contribution in [1.82, 2.24) is 0 Å². The first-order valence-corrected chi connectivity index (χ1v) is 3.67. The maximum absolute atomic E-state index is 5.87. The van der Waals surface area contributed by atoms with Gasteiger partial charge in [0.15, 0.2) is 0 Å². The van der Waals surface area contributed by atoms with E-state index >= 15 is 0 Å². The molecule has 0 bridgehead atoms. The van der Waals surface area contributed by atoms with E-state index in [9.17, 15) is 0 Å². The summed E-state index contributed by atoms with van der Waals surface area (Å²) in [6.45, 7) is 0.492. The number of rotatable bonds is 2. The number of nitrogens with two attached hydrogens (primary N) is 1. The lowest BCUT2D eigenvalue weighted by molar-refractivity contribution is 0.930. The molecule has 1 rings (SSSR count). The predicted octanol–water partition coefficient (Wildman–Crippen LogP) is 1.93. The Hall–Kier alpha value is -0.530. The zero-order valence-electron chi connectivity index (χ0n) is 5.63. The van der Waals surface area contributed by atoms with Gasteiger partial charge in [-0.15, -0.1) is 11.6 Å². The van der Waals surface area contributed by atoms with Gasteiger partial charge in [-0.3, -0.25) is 0 Å². The molecule has 1 atom stereocenters. The first kappa shape index (κ1) is 7.58. The molecule has 0 aromatic heterocycles. The topological polar surface area (TPSA) is 26.0 Å². The lowest BCUT2D eigenvalue weighted by Gasteiger charge is -2.04. The smallest absolute Gasteiger partial charge is 0.0707 e. The highest BCUT2D eigenvalue weighted by atomic mass is 35.5. The third kappa shape index (κ3) is 1.72. The molecule has 0 heterocycles. The molecule has 1 aromatic carbocycles. The summed E-state index contributed by atoms with van der Waals surface area (Å²) in [7, 11) is 0. The monoisotopic (exact) mass is 155 g/mol. The highest BCUT2D eigenvalue weighted by molar-refractivity contribution is 6.20. The standard InChI is InChI=1S/C8H10ClN/c9-8(6-10)7-4-2-1-3-5-7/h1-5,8H,6,10H2. The molecule has 0 fully saturated rings. The number of alkyl halides is 1. The van der Waals surface area contributed by atoms with Crippen molar-refractivity contribution >= 4 is 11.6 Å². The van der Waals surface area contributed by atoms with Gasteiger partial charge in [0.2, 0.25) is 0 Å². The van der Waals surface area contributed by atoms with Crippen molar-refractivity contribution < 1.29 is 0 Å². The first-order chi connectivity index (χ1) is 4.84. The number of benzene rings is 1. The van der Waals surface area contributed by atoms with Gasteiger partial charge in [-0.05, 0) is 5.56 Å². The second-order valence-corrected chi connectivity index (χ2v) is 2.64. The van der Waals surface area contributed by atoms with Crippen LogP contribution in [0.2, 0.25) is 0 Å². The second kappa shape index (κ2) is 3.59. The van der Waals surface area contributed by atoms with Crippen LogP contribution in [0.3, 0.4) is 0 Å². The summed E-state index contributed by atoms with van der Waals surface area (Å²) in [4.78, 5) is 0. The van der Waals surface area contributed by atoms with Crippen molar-refractivity contribution in [3.05, 3.63) is 35.9 Å². The van der Waals surface area contributed by atoms with Gasteiger partial charge >= 0.3 is 0 Å². The minimum absolute atomic E-state index is 0.0406. The Kier molecular flexibility index (Phi) is 2.72. The number of hydrogen-bond donors (Lipinski definition) is 1. The first-order valence-electron chi connectivity index (χ1n) is 3.23. The van der Waals surface area contributed by atoms with E-state index in [-0.39, 0.29) is 5.38 Å². The number of halogens is 1. The van der Waals surface area contributed by atoms with Crippen molar-refractivity contribution in [2.45, 2.75) is 5.38 Å². The molecule has 0 saturated carbocycles. The summed E-state index contributed by atoms with van der Waals surface area (Å²) >= 11 is 5.87. The predicted molar refractivity (Wildman–Crippen MR) is 44.1 cm³/mol. The fourth-order valence-corrected chi connectivity index (χ4v) is 0.943. The quantitative estimate of drug-likeness (QED) is 0.649. The summed E-state index contributed by atoms with van der Waals surface area (Å²) in [5.74, 6) is 0. The van der Waals surface area contributed by atoms with Crippen molar-refractivity contribution in [3.63, 3.8) is 0 Å². The normalized spacial score (nSPS) is 13.0. The minimum Gasteiger partial charge on any atom is -0.329 e. The van der Waals surface area contributed by atoms with Gasteiger partial charge in [0.25, 0.3) is 0 Å². The van der Waals surface area contributed by atoms with Crippen LogP contribution < -0.4 is 5.73 Å². The van der Waals surface area contributed by atoms with E-state index in [1.807, 2.05) is 30.3 Å². The van der Waals surface area contributed by atoms with Gasteiger partial charge in [0, 0.05) is 6.54 Å². The zero-order chi connectivity index (χ0) is 7.40. The third-order valence-electron chi connectivity index (χ3n) is 1.37. The van der Waals surface area contributed by atoms with Gasteiger partial charge in [-0.1, -0.05) is 30.3 Å². The fraction of sp³-hybridized carbons (Fsp3) is 0.250. The molecule has 0 amide bonds. The molecule has 1 aromatic rings. The average Bonchev–Trinajstić information content (AvgIpc) is 2.05. The Bertz CT molecular complexity index is 186. The number of hydrogen-bond acceptors (Lipinski definition) is 1. The molecule has 2 heteroatoms. The molecular weight excluding hydrogens is 146 g/mol. The molecule has 1 nitrogen and oxygen atoms in total. The molecule has 0 saturated heterocycles. The highest BCUT2D eigenvalue weighted by Gasteiger charge is 2.01. The molecule has 1 unspecified atom stereocenters. The van der Waals surface area contributed by atoms with Gasteiger partial charge in [-0.2, -0.15) is 0 Å². The van der Waals surface area contributed by atoms with Crippen molar-refractivity contribution in [2.24, 2.45) is 5.73 Å². The maximum Gasteiger partial charge on any atom is 0.0707 e. The van der Waals surface area contributed by atoms with Gasteiger partial charge < -0.3 is 5.73 Å². The largest absolute Gasteiger partial charge is 0.329 e. The van der Waals surface area contributed by atoms with Crippen LogP contribution in [0.15, 0.2) is 30.3 Å². The average molecular weight is 156 g/mol. The molecule has 0 aliphatic heterocycles. The summed E-state index contributed by atoms with van der Waals surface area (Å²) < 4.78 is 0. The van der Waals surface area contributed by atoms with E-state index in [0.717, 1.165) is 5.56 Å². The Morgan fingerprint density at radius 2 is 1.90 bits per heavy atom. The van der Waals surface area contributed by atoms with Crippen molar-refractivity contribution in [2.75, 3.05) is 6.54 Å². The molecule has 0 aliphatic carbocycles. The minimum atomic E-state index is -0.0406. The van der Waals surface area contributed by atoms with Crippen molar-refractivity contribution in [3.8, 4) is 0 Å². The van der Waals surface area contributed by atoms with Crippen LogP contribution >= 0.6 is 11.6 Å². The van der Waals surface area contributed by atoms with Crippen LogP contribution in [0.4, 0.5) is 0 Å². The summed E-state index contributed by atoms with van der Waals surface area (Å²) in [5, 5.41) is -0.0406. The third-order valence-corrected chi connectivity index (χ3v) is 1.80. The fourth-order valence-electron chi connectivity index (χ4n) is 0.798. The summed E-state index contributed by atoms with van der Waals surface area (Å²) in [6.07, 6.45) is 0. The molecular formula is C8H10ClN. The van der Waals surface area contributed by atoms with E-state index in [0.29, 0.717) is 6.54 Å². The van der Waals surface area contributed by atoms with Crippen LogP contribution in [0.5, 0.6) is 0 Å². The summed E-state index contributed by atoms with van der Waals surface area (Å²) in [6, 6.07) is 9.83. The molecule has 0 aliphatic rings. The molecule has 0 radical (unpaired) electrons. The molecule has 2 N–H and O–H groups in total. The van der Waals surface area contributed by atoms with E-state index < -0.39 is 0 Å². The summed E-state index contributed by atoms with van der Waals surface area (Å²) in [5.41, 5.74) is 6.46. The van der Waals surface area contributed by atoms with E-state index in [1.54, 1.807) is 0 Å². The molecule has 54 valence electrons. The zero-order valence-corrected chi connectivity index (χ0v) is 6.38. The van der Waals surface area contributed by atoms with Crippen LogP contribution in [0, 0.1) is 0 Å². The van der Waals surface area contributed by atoms with Gasteiger partial charge in [0.1, 0.15) is 0 Å². The molecule has 10 heavy (non-hydrogen) atoms. The Balaban J connectivity index is 2.75. The van der Waals surface area contributed by atoms with E-state index in [2.05, 4.69) is 0 Å². The van der Waals surface area contributed by atoms with Gasteiger partial charge in [-0.25, -0.2) is 0 Å². The van der Waals surface area contributed by atoms with Crippen LogP contribution in [0.1, 0.15) is 10.9 Å². The Labute approximate surface area is 65.8 Å². The second-order valence-electron chi connectivity index (χ2n) is 2.11. The van der Waals surface area contributed by atoms with Crippen LogP contribution in [-0.2, 0) is 0 Å². The lowest BCUT2D eigenvalue weighted by Crippen LogP contribution is -2.06. The SMILES string of the molecule is NCC(Cl)c1ccccc1. The van der Waals surface area contributed by atoms with Gasteiger partial charge in [0.05, 0.1) is 5.38 Å². The maximum atomic E-state index is 5.87. The highest BCUT2D eigenvalue weighted by Crippen LogP contribution is 2.17. The van der Waals surface area contributed by atoms with E-state index in [4.69, 9.17) is 17.3 Å². The Morgan fingerprint density at radius 3 is 2.40 bits per heavy atom. The lowest BCUT2D eigenvalue weighted by atomic mass is 10.1. The van der Waals surface area contributed by atoms with Crippen molar-refractivity contribution in [1.29, 1.82) is 0 Å².